The molecule has 2 heterocycles. The maximum atomic E-state index is 12.6. The van der Waals surface area contributed by atoms with Crippen molar-refractivity contribution in [2.45, 2.75) is 51.3 Å². The summed E-state index contributed by atoms with van der Waals surface area (Å²) in [6.07, 6.45) is 2.64. The van der Waals surface area contributed by atoms with Crippen molar-refractivity contribution >= 4 is 17.8 Å². The van der Waals surface area contributed by atoms with Gasteiger partial charge in [0.15, 0.2) is 0 Å². The zero-order chi connectivity index (χ0) is 18.7. The van der Waals surface area contributed by atoms with E-state index in [1.807, 2.05) is 6.92 Å². The lowest BCUT2D eigenvalue weighted by atomic mass is 10.1. The summed E-state index contributed by atoms with van der Waals surface area (Å²) in [6.45, 7) is -0.675. The number of carbonyl (C=O) groups excluding carboxylic acids is 2. The van der Waals surface area contributed by atoms with E-state index in [1.165, 1.54) is 23.1 Å². The molecule has 1 N–H and O–H groups in total. The van der Waals surface area contributed by atoms with Crippen LogP contribution in [0.15, 0.2) is 18.2 Å². The van der Waals surface area contributed by atoms with Crippen molar-refractivity contribution in [3.05, 3.63) is 18.2 Å². The van der Waals surface area contributed by atoms with Crippen molar-refractivity contribution < 1.29 is 27.8 Å². The number of halogens is 2. The molecule has 1 saturated heterocycles. The quantitative estimate of drug-likeness (QED) is 0.747. The Morgan fingerprint density at radius 3 is 2.92 bits per heavy atom. The third kappa shape index (κ3) is 4.20. The molecule has 26 heavy (non-hydrogen) atoms. The molecule has 142 valence electrons. The highest BCUT2D eigenvalue weighted by Crippen LogP contribution is 2.48. The normalized spacial score (nSPS) is 23.5. The first-order valence-electron chi connectivity index (χ1n) is 8.67. The van der Waals surface area contributed by atoms with Crippen LogP contribution in [-0.2, 0) is 9.53 Å². The number of anilines is 1. The number of ether oxygens (including phenoxy) is 2. The minimum atomic E-state index is -3.00. The Morgan fingerprint density at radius 1 is 1.38 bits per heavy atom. The number of fused-ring (bicyclic) bond motifs is 1. The summed E-state index contributed by atoms with van der Waals surface area (Å²) in [4.78, 5) is 30.2. The maximum Gasteiger partial charge on any atom is 0.410 e. The highest BCUT2D eigenvalue weighted by Gasteiger charge is 2.56. The van der Waals surface area contributed by atoms with Gasteiger partial charge >= 0.3 is 12.7 Å². The molecule has 1 saturated carbocycles. The highest BCUT2D eigenvalue weighted by molar-refractivity contribution is 5.96. The Balaban J connectivity index is 1.62. The number of aromatic nitrogens is 1. The standard InChI is InChI=1S/C17H21F2N3O4/c1-2-3-7-25-17(24)22-11-8-10(11)9-12(22)15(23)21-13-5-4-6-14(20-13)26-16(18)19/h4-6,10-12,16H,2-3,7-9H2,1H3,(H,20,21,23). The van der Waals surface area contributed by atoms with Crippen LogP contribution in [0.4, 0.5) is 19.4 Å². The van der Waals surface area contributed by atoms with Gasteiger partial charge in [0.2, 0.25) is 11.8 Å². The van der Waals surface area contributed by atoms with E-state index in [2.05, 4.69) is 15.0 Å². The van der Waals surface area contributed by atoms with Crippen LogP contribution in [-0.4, -0.2) is 47.2 Å². The molecular weight excluding hydrogens is 348 g/mol. The lowest BCUT2D eigenvalue weighted by molar-refractivity contribution is -0.120. The zero-order valence-corrected chi connectivity index (χ0v) is 14.4. The topological polar surface area (TPSA) is 80.8 Å². The fourth-order valence-electron chi connectivity index (χ4n) is 3.18. The van der Waals surface area contributed by atoms with E-state index in [0.717, 1.165) is 19.3 Å². The van der Waals surface area contributed by atoms with Gasteiger partial charge in [-0.05, 0) is 31.2 Å². The van der Waals surface area contributed by atoms with Gasteiger partial charge < -0.3 is 14.8 Å². The lowest BCUT2D eigenvalue weighted by Crippen LogP contribution is -2.45. The molecule has 3 rings (SSSR count). The molecule has 1 aromatic rings. The van der Waals surface area contributed by atoms with E-state index >= 15 is 0 Å². The number of alkyl halides is 2. The van der Waals surface area contributed by atoms with Gasteiger partial charge in [-0.1, -0.05) is 19.4 Å². The monoisotopic (exact) mass is 369 g/mol. The molecule has 9 heteroatoms. The third-order valence-corrected chi connectivity index (χ3v) is 4.53. The van der Waals surface area contributed by atoms with Crippen molar-refractivity contribution in [3.63, 3.8) is 0 Å². The van der Waals surface area contributed by atoms with Gasteiger partial charge in [-0.3, -0.25) is 9.69 Å². The summed E-state index contributed by atoms with van der Waals surface area (Å²) in [5, 5.41) is 2.57. The third-order valence-electron chi connectivity index (χ3n) is 4.53. The first kappa shape index (κ1) is 18.3. The van der Waals surface area contributed by atoms with Gasteiger partial charge in [0.25, 0.3) is 0 Å². The number of nitrogens with zero attached hydrogens (tertiary/aromatic N) is 2. The van der Waals surface area contributed by atoms with Crippen molar-refractivity contribution in [2.75, 3.05) is 11.9 Å². The van der Waals surface area contributed by atoms with Crippen LogP contribution in [0.1, 0.15) is 32.6 Å². The first-order chi connectivity index (χ1) is 12.5. The van der Waals surface area contributed by atoms with E-state index < -0.39 is 24.7 Å². The minimum Gasteiger partial charge on any atom is -0.449 e. The van der Waals surface area contributed by atoms with Crippen LogP contribution in [0.3, 0.4) is 0 Å². The molecule has 0 aromatic carbocycles. The summed E-state index contributed by atoms with van der Waals surface area (Å²) in [7, 11) is 0. The Kier molecular flexibility index (Phi) is 5.53. The molecule has 2 fully saturated rings. The molecule has 0 spiro atoms. The number of rotatable bonds is 7. The molecule has 7 nitrogen and oxygen atoms in total. The number of unbranched alkanes of at least 4 members (excludes halogenated alkanes) is 1. The molecule has 0 radical (unpaired) electrons. The number of hydrogen-bond donors (Lipinski definition) is 1. The van der Waals surface area contributed by atoms with Gasteiger partial charge in [-0.25, -0.2) is 4.79 Å². The maximum absolute atomic E-state index is 12.6. The van der Waals surface area contributed by atoms with Gasteiger partial charge in [-0.2, -0.15) is 13.8 Å². The Morgan fingerprint density at radius 2 is 2.19 bits per heavy atom. The van der Waals surface area contributed by atoms with Gasteiger partial charge in [0.1, 0.15) is 11.9 Å². The predicted octanol–water partition coefficient (Wildman–Crippen LogP) is 3.02. The number of amides is 2. The number of carbonyl (C=O) groups is 2. The molecule has 3 atom stereocenters. The number of nitrogens with one attached hydrogen (secondary N) is 1. The fourth-order valence-corrected chi connectivity index (χ4v) is 3.18. The predicted molar refractivity (Wildman–Crippen MR) is 87.9 cm³/mol. The SMILES string of the molecule is CCCCOC(=O)N1C(C(=O)Nc2cccc(OC(F)F)n2)CC2CC21. The number of hydrogen-bond acceptors (Lipinski definition) is 5. The molecule has 3 unspecified atom stereocenters. The van der Waals surface area contributed by atoms with Crippen molar-refractivity contribution in [2.24, 2.45) is 5.92 Å². The van der Waals surface area contributed by atoms with Crippen molar-refractivity contribution in [1.29, 1.82) is 0 Å². The van der Waals surface area contributed by atoms with Gasteiger partial charge in [0, 0.05) is 12.1 Å². The van der Waals surface area contributed by atoms with Gasteiger partial charge in [-0.15, -0.1) is 0 Å². The largest absolute Gasteiger partial charge is 0.449 e. The Labute approximate surface area is 149 Å². The minimum absolute atomic E-state index is 0.0429. The van der Waals surface area contributed by atoms with E-state index in [1.54, 1.807) is 0 Å². The number of likely N-dealkylation sites (tertiary alicyclic amines) is 1. The van der Waals surface area contributed by atoms with Crippen molar-refractivity contribution in [1.82, 2.24) is 9.88 Å². The molecule has 1 aromatic heterocycles. The average Bonchev–Trinajstić information content (AvgIpc) is 3.24. The van der Waals surface area contributed by atoms with Crippen LogP contribution in [0, 0.1) is 5.92 Å². The van der Waals surface area contributed by atoms with Crippen LogP contribution in [0.5, 0.6) is 5.88 Å². The average molecular weight is 369 g/mol. The zero-order valence-electron chi connectivity index (χ0n) is 14.4. The molecule has 1 aliphatic heterocycles. The fraction of sp³-hybridized carbons (Fsp3) is 0.588. The molecule has 2 amide bonds. The van der Waals surface area contributed by atoms with E-state index in [9.17, 15) is 18.4 Å². The lowest BCUT2D eigenvalue weighted by Gasteiger charge is -2.26. The molecule has 2 aliphatic rings. The number of piperidine rings is 1. The molecule has 1 aliphatic carbocycles. The van der Waals surface area contributed by atoms with Crippen LogP contribution >= 0.6 is 0 Å². The van der Waals surface area contributed by atoms with E-state index in [4.69, 9.17) is 4.74 Å². The second kappa shape index (κ2) is 7.84. The van der Waals surface area contributed by atoms with Crippen LogP contribution in [0.2, 0.25) is 0 Å². The van der Waals surface area contributed by atoms with Crippen LogP contribution < -0.4 is 10.1 Å². The summed E-state index contributed by atoms with van der Waals surface area (Å²) in [5.74, 6) is -0.298. The Hall–Kier alpha value is -2.45. The summed E-state index contributed by atoms with van der Waals surface area (Å²) in [6, 6.07) is 3.58. The smallest absolute Gasteiger partial charge is 0.410 e. The van der Waals surface area contributed by atoms with E-state index in [-0.39, 0.29) is 17.7 Å². The second-order valence-corrected chi connectivity index (χ2v) is 6.42. The second-order valence-electron chi connectivity index (χ2n) is 6.42. The summed E-state index contributed by atoms with van der Waals surface area (Å²) in [5.41, 5.74) is 0. The van der Waals surface area contributed by atoms with Crippen LogP contribution in [0.25, 0.3) is 0 Å². The van der Waals surface area contributed by atoms with E-state index in [0.29, 0.717) is 18.9 Å². The summed E-state index contributed by atoms with van der Waals surface area (Å²) >= 11 is 0. The molecular formula is C17H21F2N3O4. The Bertz CT molecular complexity index is 673. The number of pyridine rings is 1. The van der Waals surface area contributed by atoms with Gasteiger partial charge in [0.05, 0.1) is 6.61 Å². The van der Waals surface area contributed by atoms with Crippen molar-refractivity contribution in [3.8, 4) is 5.88 Å². The highest BCUT2D eigenvalue weighted by atomic mass is 19.3. The summed E-state index contributed by atoms with van der Waals surface area (Å²) < 4.78 is 34.0. The first-order valence-corrected chi connectivity index (χ1v) is 8.67. The molecule has 0 bridgehead atoms.